The summed E-state index contributed by atoms with van der Waals surface area (Å²) in [7, 11) is -7.40. The minimum Gasteiger partial charge on any atom is -0.743 e. The number of rotatable bonds is 8. The Morgan fingerprint density at radius 2 is 1.09 bits per heavy atom. The van der Waals surface area contributed by atoms with Crippen molar-refractivity contribution in [2.75, 3.05) is 6.67 Å². The van der Waals surface area contributed by atoms with Gasteiger partial charge < -0.3 is 4.55 Å². The molecule has 0 N–H and O–H groups in total. The van der Waals surface area contributed by atoms with Crippen molar-refractivity contribution in [3.05, 3.63) is 0 Å². The molecule has 140 valence electrons. The minimum absolute atomic E-state index is 1.55. The fourth-order valence-corrected chi connectivity index (χ4v) is 1.03. The van der Waals surface area contributed by atoms with Gasteiger partial charge in [-0.25, -0.2) is 22.3 Å². The van der Waals surface area contributed by atoms with Crippen molar-refractivity contribution in [2.24, 2.45) is 0 Å². The first-order chi connectivity index (χ1) is 9.72. The van der Waals surface area contributed by atoms with Gasteiger partial charge in [0.1, 0.15) is 0 Å². The predicted octanol–water partition coefficient (Wildman–Crippen LogP) is 2.50. The minimum atomic E-state index is -7.40. The predicted molar refractivity (Wildman–Crippen MR) is 42.6 cm³/mol. The van der Waals surface area contributed by atoms with Gasteiger partial charge >= 0.3 is 29.7 Å². The maximum atomic E-state index is 12.6. The third-order valence-corrected chi connectivity index (χ3v) is 2.55. The monoisotopic (exact) mass is 395 g/mol. The average Bonchev–Trinajstić information content (AvgIpc) is 2.24. The molecule has 0 saturated heterocycles. The van der Waals surface area contributed by atoms with Crippen LogP contribution in [0.3, 0.4) is 0 Å². The Labute approximate surface area is 118 Å². The molecule has 0 aliphatic carbocycles. The highest BCUT2D eigenvalue weighted by atomic mass is 32.2. The maximum Gasteiger partial charge on any atom is 0.453 e. The topological polar surface area (TPSA) is 75.7 Å². The highest BCUT2D eigenvalue weighted by molar-refractivity contribution is 7.86. The lowest BCUT2D eigenvalue weighted by molar-refractivity contribution is -0.523. The molecule has 0 aromatic rings. The summed E-state index contributed by atoms with van der Waals surface area (Å²) < 4.78 is 169. The van der Waals surface area contributed by atoms with E-state index in [2.05, 4.69) is 0 Å². The van der Waals surface area contributed by atoms with Crippen LogP contribution in [0.25, 0.3) is 0 Å². The third kappa shape index (κ3) is 4.54. The van der Waals surface area contributed by atoms with Crippen molar-refractivity contribution in [1.29, 1.82) is 0 Å². The number of ether oxygens (including phenoxy) is 2. The number of hydrogen-bond donors (Lipinski definition) is 0. The molecule has 0 fully saturated rings. The number of halogens is 11. The first-order valence-electron chi connectivity index (χ1n) is 4.53. The largest absolute Gasteiger partial charge is 0.743 e. The van der Waals surface area contributed by atoms with Crippen LogP contribution in [-0.4, -0.2) is 49.3 Å². The maximum absolute atomic E-state index is 12.6. The second-order valence-corrected chi connectivity index (χ2v) is 4.92. The van der Waals surface area contributed by atoms with E-state index in [9.17, 15) is 61.3 Å². The van der Waals surface area contributed by atoms with E-state index in [0.717, 1.165) is 0 Å². The number of alkyl halides is 11. The summed E-state index contributed by atoms with van der Waals surface area (Å²) in [6.45, 7) is -3.15. The molecule has 0 aromatic carbocycles. The zero-order chi connectivity index (χ0) is 19.1. The summed E-state index contributed by atoms with van der Waals surface area (Å²) in [6, 6.07) is 0. The van der Waals surface area contributed by atoms with E-state index in [-0.39, 0.29) is 0 Å². The quantitative estimate of drug-likeness (QED) is 0.467. The van der Waals surface area contributed by atoms with E-state index in [1.54, 1.807) is 4.74 Å². The van der Waals surface area contributed by atoms with Crippen LogP contribution in [0.4, 0.5) is 48.3 Å². The lowest BCUT2D eigenvalue weighted by Crippen LogP contribution is -2.57. The Morgan fingerprint density at radius 3 is 1.39 bits per heavy atom. The SMILES string of the molecule is O=S(=O)([O-])C(F)(F)C(F)(F)OC(F)(F)C(F)(F)OC(F)(F)CF. The van der Waals surface area contributed by atoms with E-state index in [1.807, 2.05) is 4.74 Å². The van der Waals surface area contributed by atoms with Crippen LogP contribution in [0.2, 0.25) is 0 Å². The molecule has 17 heteroatoms. The lowest BCUT2D eigenvalue weighted by atomic mass is 10.5. The van der Waals surface area contributed by atoms with Gasteiger partial charge in [0.25, 0.3) is 0 Å². The van der Waals surface area contributed by atoms with Crippen molar-refractivity contribution in [3.63, 3.8) is 0 Å². The molecule has 0 aliphatic heterocycles. The van der Waals surface area contributed by atoms with Gasteiger partial charge in [-0.15, -0.1) is 0 Å². The molecule has 0 rings (SSSR count). The summed E-state index contributed by atoms with van der Waals surface area (Å²) in [5.41, 5.74) is 0. The summed E-state index contributed by atoms with van der Waals surface area (Å²) >= 11 is 0. The fraction of sp³-hybridized carbons (Fsp3) is 1.00. The van der Waals surface area contributed by atoms with Crippen LogP contribution in [0.1, 0.15) is 0 Å². The van der Waals surface area contributed by atoms with Crippen LogP contribution in [0, 0.1) is 0 Å². The molecule has 0 radical (unpaired) electrons. The Morgan fingerprint density at radius 1 is 0.739 bits per heavy atom. The van der Waals surface area contributed by atoms with Gasteiger partial charge in [0.15, 0.2) is 16.8 Å². The highest BCUT2D eigenvalue weighted by Gasteiger charge is 2.73. The second kappa shape index (κ2) is 5.85. The molecule has 0 atom stereocenters. The van der Waals surface area contributed by atoms with Crippen molar-refractivity contribution >= 4 is 10.1 Å². The number of hydrogen-bond acceptors (Lipinski definition) is 5. The van der Waals surface area contributed by atoms with E-state index in [4.69, 9.17) is 0 Å². The summed E-state index contributed by atoms with van der Waals surface area (Å²) in [5.74, 6) is 0. The Hall–Kier alpha value is -0.940. The molecule has 5 nitrogen and oxygen atoms in total. The van der Waals surface area contributed by atoms with Gasteiger partial charge in [0, 0.05) is 0 Å². The molecule has 0 spiro atoms. The van der Waals surface area contributed by atoms with E-state index < -0.39 is 46.5 Å². The molecule has 0 unspecified atom stereocenters. The first-order valence-corrected chi connectivity index (χ1v) is 5.94. The molecule has 0 bridgehead atoms. The van der Waals surface area contributed by atoms with Crippen molar-refractivity contribution < 1.29 is 70.7 Å². The Balaban J connectivity index is 5.63. The van der Waals surface area contributed by atoms with Gasteiger partial charge in [0.05, 0.1) is 0 Å². The molecular formula is C6H2F11O5S-. The summed E-state index contributed by atoms with van der Waals surface area (Å²) in [4.78, 5) is 0. The standard InChI is InChI=1S/C6H3F11O5S/c7-1-2(8,9)21-3(10,11)4(12,13)22-5(14,15)6(16,17)23(18,19)20/h1H2,(H,18,19,20)/p-1. The molecular weight excluding hydrogens is 393 g/mol. The van der Waals surface area contributed by atoms with E-state index >= 15 is 0 Å². The molecule has 0 aliphatic rings. The van der Waals surface area contributed by atoms with Crippen molar-refractivity contribution in [2.45, 2.75) is 29.7 Å². The van der Waals surface area contributed by atoms with E-state index in [1.165, 1.54) is 0 Å². The van der Waals surface area contributed by atoms with Crippen LogP contribution in [0.5, 0.6) is 0 Å². The lowest BCUT2D eigenvalue weighted by Gasteiger charge is -2.33. The van der Waals surface area contributed by atoms with Crippen molar-refractivity contribution in [3.8, 4) is 0 Å². The van der Waals surface area contributed by atoms with Gasteiger partial charge in [0.2, 0.25) is 0 Å². The zero-order valence-corrected chi connectivity index (χ0v) is 10.6. The van der Waals surface area contributed by atoms with E-state index in [0.29, 0.717) is 0 Å². The summed E-state index contributed by atoms with van der Waals surface area (Å²) in [5, 5.41) is -6.98. The first kappa shape index (κ1) is 22.1. The van der Waals surface area contributed by atoms with Crippen LogP contribution < -0.4 is 0 Å². The van der Waals surface area contributed by atoms with Gasteiger partial charge in [-0.1, -0.05) is 0 Å². The van der Waals surface area contributed by atoms with Crippen LogP contribution in [-0.2, 0) is 19.6 Å². The van der Waals surface area contributed by atoms with Gasteiger partial charge in [-0.2, -0.15) is 43.9 Å². The average molecular weight is 395 g/mol. The molecule has 0 saturated carbocycles. The Bertz CT molecular complexity index is 529. The van der Waals surface area contributed by atoms with Crippen LogP contribution in [0.15, 0.2) is 0 Å². The molecule has 23 heavy (non-hydrogen) atoms. The zero-order valence-electron chi connectivity index (χ0n) is 9.81. The molecule has 0 heterocycles. The molecule has 0 amide bonds. The highest BCUT2D eigenvalue weighted by Crippen LogP contribution is 2.48. The Kier molecular flexibility index (Phi) is 5.61. The van der Waals surface area contributed by atoms with Crippen molar-refractivity contribution in [1.82, 2.24) is 0 Å². The van der Waals surface area contributed by atoms with Gasteiger partial charge in [-0.05, 0) is 0 Å². The fourth-order valence-electron chi connectivity index (χ4n) is 0.700. The third-order valence-electron chi connectivity index (χ3n) is 1.68. The summed E-state index contributed by atoms with van der Waals surface area (Å²) in [6.07, 6.45) is -26.6. The van der Waals surface area contributed by atoms with Gasteiger partial charge in [-0.3, -0.25) is 0 Å². The smallest absolute Gasteiger partial charge is 0.453 e. The normalized spacial score (nSPS) is 15.8. The second-order valence-electron chi connectivity index (χ2n) is 3.50. The van der Waals surface area contributed by atoms with Crippen LogP contribution >= 0.6 is 0 Å². The molecule has 0 aromatic heterocycles.